The molecule has 0 saturated heterocycles. The van der Waals surface area contributed by atoms with Crippen LogP contribution in [0.4, 0.5) is 0 Å². The molecule has 0 rings (SSSR count). The van der Waals surface area contributed by atoms with Gasteiger partial charge in [-0.25, -0.2) is 0 Å². The Balaban J connectivity index is 0. The van der Waals surface area contributed by atoms with Crippen LogP contribution in [0.25, 0.3) is 0 Å². The third-order valence-electron chi connectivity index (χ3n) is 0.675. The minimum absolute atomic E-state index is 0. The minimum atomic E-state index is 0. The fraction of sp³-hybridized carbons (Fsp3) is 0.800. The summed E-state index contributed by atoms with van der Waals surface area (Å²) in [6.45, 7) is 5.82. The summed E-state index contributed by atoms with van der Waals surface area (Å²) in [4.78, 5) is 0. The first-order valence-electron chi connectivity index (χ1n) is 2.83. The van der Waals surface area contributed by atoms with Crippen molar-refractivity contribution in [3.05, 3.63) is 0 Å². The molecule has 9 heavy (non-hydrogen) atoms. The van der Waals surface area contributed by atoms with E-state index in [1.807, 2.05) is 13.8 Å². The molecular weight excluding hydrogens is 200 g/mol. The lowest BCUT2D eigenvalue weighted by molar-refractivity contribution is 0.883. The Bertz CT molecular complexity index is 69.4. The molecule has 0 saturated carbocycles. The van der Waals surface area contributed by atoms with Crippen molar-refractivity contribution in [2.24, 2.45) is 0 Å². The second-order valence-corrected chi connectivity index (χ2v) is 1.80. The first-order valence-corrected chi connectivity index (χ1v) is 3.23. The Morgan fingerprint density at radius 3 is 1.78 bits per heavy atom. The molecule has 0 spiro atoms. The van der Waals surface area contributed by atoms with Gasteiger partial charge in [-0.3, -0.25) is 0 Å². The van der Waals surface area contributed by atoms with Gasteiger partial charge in [0.15, 0.2) is 5.11 Å². The monoisotopic (exact) mass is 212 g/mol. The van der Waals surface area contributed by atoms with Crippen LogP contribution in [0.3, 0.4) is 0 Å². The van der Waals surface area contributed by atoms with Crippen LogP contribution in [0.5, 0.6) is 0 Å². The number of nitrogens with one attached hydrogen (secondary N) is 2. The van der Waals surface area contributed by atoms with Gasteiger partial charge in [0.2, 0.25) is 0 Å². The molecule has 0 aromatic heterocycles. The second kappa shape index (κ2) is 8.17. The van der Waals surface area contributed by atoms with Gasteiger partial charge in [0, 0.05) is 13.1 Å². The van der Waals surface area contributed by atoms with E-state index < -0.39 is 0 Å². The Labute approximate surface area is 72.2 Å². The highest BCUT2D eigenvalue weighted by atomic mass is 79.9. The van der Waals surface area contributed by atoms with E-state index in [1.54, 1.807) is 0 Å². The van der Waals surface area contributed by atoms with Gasteiger partial charge >= 0.3 is 0 Å². The average molecular weight is 213 g/mol. The lowest BCUT2D eigenvalue weighted by Crippen LogP contribution is -2.34. The fourth-order valence-corrected chi connectivity index (χ4v) is 0.672. The third kappa shape index (κ3) is 8.17. The summed E-state index contributed by atoms with van der Waals surface area (Å²) in [7, 11) is 0. The molecule has 0 bridgehead atoms. The maximum atomic E-state index is 4.83. The molecule has 56 valence electrons. The van der Waals surface area contributed by atoms with Gasteiger partial charge in [-0.1, -0.05) is 0 Å². The number of halogens is 1. The molecule has 0 radical (unpaired) electrons. The number of rotatable bonds is 2. The van der Waals surface area contributed by atoms with E-state index in [1.165, 1.54) is 0 Å². The molecule has 0 aliphatic heterocycles. The van der Waals surface area contributed by atoms with Crippen molar-refractivity contribution < 1.29 is 0 Å². The van der Waals surface area contributed by atoms with Gasteiger partial charge in [-0.2, -0.15) is 0 Å². The largest absolute Gasteiger partial charge is 0.363 e. The zero-order valence-electron chi connectivity index (χ0n) is 5.73. The van der Waals surface area contributed by atoms with Gasteiger partial charge in [0.25, 0.3) is 0 Å². The van der Waals surface area contributed by atoms with Crippen molar-refractivity contribution >= 4 is 34.3 Å². The smallest absolute Gasteiger partial charge is 0.166 e. The lowest BCUT2D eigenvalue weighted by Gasteiger charge is -2.03. The highest BCUT2D eigenvalue weighted by Crippen LogP contribution is 1.62. The number of hydrogen-bond acceptors (Lipinski definition) is 1. The zero-order chi connectivity index (χ0) is 6.41. The highest BCUT2D eigenvalue weighted by Gasteiger charge is 1.84. The summed E-state index contributed by atoms with van der Waals surface area (Å²) >= 11 is 4.83. The predicted octanol–water partition coefficient (Wildman–Crippen LogP) is 1.07. The van der Waals surface area contributed by atoms with E-state index in [0.29, 0.717) is 0 Å². The van der Waals surface area contributed by atoms with Crippen molar-refractivity contribution in [1.29, 1.82) is 0 Å². The van der Waals surface area contributed by atoms with Crippen molar-refractivity contribution in [3.63, 3.8) is 0 Å². The Kier molecular flexibility index (Phi) is 10.8. The predicted molar refractivity (Wildman–Crippen MR) is 50.3 cm³/mol. The van der Waals surface area contributed by atoms with Crippen LogP contribution >= 0.6 is 29.2 Å². The molecule has 0 fully saturated rings. The highest BCUT2D eigenvalue weighted by molar-refractivity contribution is 8.93. The summed E-state index contributed by atoms with van der Waals surface area (Å²) in [5, 5.41) is 6.68. The van der Waals surface area contributed by atoms with E-state index in [9.17, 15) is 0 Å². The van der Waals surface area contributed by atoms with Gasteiger partial charge in [-0.15, -0.1) is 17.0 Å². The molecule has 0 atom stereocenters. The Morgan fingerprint density at radius 1 is 1.22 bits per heavy atom. The summed E-state index contributed by atoms with van der Waals surface area (Å²) in [5.74, 6) is 0. The van der Waals surface area contributed by atoms with Gasteiger partial charge in [0.1, 0.15) is 0 Å². The topological polar surface area (TPSA) is 24.1 Å². The Morgan fingerprint density at radius 2 is 1.56 bits per heavy atom. The molecule has 0 aromatic carbocycles. The fourth-order valence-electron chi connectivity index (χ4n) is 0.384. The average Bonchev–Trinajstić information content (AvgIpc) is 1.68. The van der Waals surface area contributed by atoms with Crippen LogP contribution in [0, 0.1) is 0 Å². The van der Waals surface area contributed by atoms with Crippen LogP contribution in [0.1, 0.15) is 13.8 Å². The Hall–Kier alpha value is 0.170. The quantitative estimate of drug-likeness (QED) is 0.671. The van der Waals surface area contributed by atoms with Crippen molar-refractivity contribution in [2.45, 2.75) is 13.8 Å². The SMILES string of the molecule is Br.CCNC(=S)NCC. The standard InChI is InChI=1S/C5H12N2S.BrH/c1-3-6-5(8)7-4-2;/h3-4H2,1-2H3,(H2,6,7,8);1H. The first-order chi connectivity index (χ1) is 3.81. The summed E-state index contributed by atoms with van der Waals surface area (Å²) < 4.78 is 0. The maximum Gasteiger partial charge on any atom is 0.166 e. The summed E-state index contributed by atoms with van der Waals surface area (Å²) in [5.41, 5.74) is 0. The van der Waals surface area contributed by atoms with E-state index in [2.05, 4.69) is 10.6 Å². The zero-order valence-corrected chi connectivity index (χ0v) is 8.26. The van der Waals surface area contributed by atoms with E-state index in [4.69, 9.17) is 12.2 Å². The van der Waals surface area contributed by atoms with Crippen LogP contribution < -0.4 is 10.6 Å². The molecule has 0 aliphatic rings. The van der Waals surface area contributed by atoms with Crippen molar-refractivity contribution in [2.75, 3.05) is 13.1 Å². The maximum absolute atomic E-state index is 4.83. The van der Waals surface area contributed by atoms with E-state index in [0.717, 1.165) is 18.2 Å². The third-order valence-corrected chi connectivity index (χ3v) is 0.963. The van der Waals surface area contributed by atoms with E-state index >= 15 is 0 Å². The van der Waals surface area contributed by atoms with Gasteiger partial charge in [-0.05, 0) is 26.1 Å². The molecule has 2 nitrogen and oxygen atoms in total. The van der Waals surface area contributed by atoms with Crippen molar-refractivity contribution in [1.82, 2.24) is 10.6 Å². The molecule has 0 amide bonds. The number of thiocarbonyl (C=S) groups is 1. The normalized spacial score (nSPS) is 7.33. The first kappa shape index (κ1) is 11.9. The molecular formula is C5H13BrN2S. The molecule has 4 heteroatoms. The second-order valence-electron chi connectivity index (χ2n) is 1.39. The van der Waals surface area contributed by atoms with Crippen LogP contribution in [-0.4, -0.2) is 18.2 Å². The van der Waals surface area contributed by atoms with Crippen LogP contribution in [0.15, 0.2) is 0 Å². The van der Waals surface area contributed by atoms with Gasteiger partial charge < -0.3 is 10.6 Å². The summed E-state index contributed by atoms with van der Waals surface area (Å²) in [6, 6.07) is 0. The minimum Gasteiger partial charge on any atom is -0.363 e. The van der Waals surface area contributed by atoms with Gasteiger partial charge in [0.05, 0.1) is 0 Å². The number of hydrogen-bond donors (Lipinski definition) is 2. The van der Waals surface area contributed by atoms with E-state index in [-0.39, 0.29) is 17.0 Å². The molecule has 2 N–H and O–H groups in total. The molecule has 0 aliphatic carbocycles. The van der Waals surface area contributed by atoms with Crippen LogP contribution in [0.2, 0.25) is 0 Å². The van der Waals surface area contributed by atoms with Crippen molar-refractivity contribution in [3.8, 4) is 0 Å². The lowest BCUT2D eigenvalue weighted by atomic mass is 10.7. The molecule has 0 aromatic rings. The molecule has 0 heterocycles. The van der Waals surface area contributed by atoms with Crippen LogP contribution in [-0.2, 0) is 0 Å². The summed E-state index contributed by atoms with van der Waals surface area (Å²) in [6.07, 6.45) is 0. The molecule has 0 unspecified atom stereocenters.